The Morgan fingerprint density at radius 2 is 1.80 bits per heavy atom. The van der Waals surface area contributed by atoms with Crippen LogP contribution >= 0.6 is 0 Å². The molecule has 0 saturated carbocycles. The number of rotatable bonds is 7. The zero-order chi connectivity index (χ0) is 17.6. The lowest BCUT2D eigenvalue weighted by Gasteiger charge is -2.18. The van der Waals surface area contributed by atoms with E-state index >= 15 is 0 Å². The van der Waals surface area contributed by atoms with Crippen LogP contribution in [0.3, 0.4) is 0 Å². The van der Waals surface area contributed by atoms with Gasteiger partial charge in [-0.2, -0.15) is 0 Å². The van der Waals surface area contributed by atoms with Crippen molar-refractivity contribution in [3.63, 3.8) is 0 Å². The van der Waals surface area contributed by atoms with Crippen molar-refractivity contribution in [1.29, 1.82) is 0 Å². The van der Waals surface area contributed by atoms with Crippen molar-refractivity contribution in [2.45, 2.75) is 19.1 Å². The van der Waals surface area contributed by atoms with E-state index in [1.54, 1.807) is 14.2 Å². The molecule has 5 nitrogen and oxygen atoms in total. The fraction of sp³-hybridized carbons (Fsp3) is 0.250. The van der Waals surface area contributed by atoms with Gasteiger partial charge in [-0.25, -0.2) is 0 Å². The molecule has 1 atom stereocenters. The second-order valence-corrected chi connectivity index (χ2v) is 5.74. The number of amides is 1. The third-order valence-electron chi connectivity index (χ3n) is 4.09. The normalized spacial score (nSPS) is 16.2. The Morgan fingerprint density at radius 3 is 2.52 bits per heavy atom. The highest BCUT2D eigenvalue weighted by molar-refractivity contribution is 5.91. The molecule has 0 unspecified atom stereocenters. The van der Waals surface area contributed by atoms with E-state index in [0.29, 0.717) is 30.3 Å². The van der Waals surface area contributed by atoms with E-state index in [-0.39, 0.29) is 11.9 Å². The van der Waals surface area contributed by atoms with Crippen molar-refractivity contribution >= 4 is 5.91 Å². The zero-order valence-corrected chi connectivity index (χ0v) is 14.3. The Morgan fingerprint density at radius 1 is 1.00 bits per heavy atom. The number of hydrogen-bond donors (Lipinski definition) is 1. The molecule has 2 aromatic rings. The monoisotopic (exact) mass is 339 g/mol. The number of para-hydroxylation sites is 1. The molecular formula is C20H21NO4. The van der Waals surface area contributed by atoms with Crippen molar-refractivity contribution in [1.82, 2.24) is 5.32 Å². The lowest BCUT2D eigenvalue weighted by molar-refractivity contribution is -0.116. The third-order valence-corrected chi connectivity index (χ3v) is 4.09. The van der Waals surface area contributed by atoms with Gasteiger partial charge in [0.1, 0.15) is 12.4 Å². The Labute approximate surface area is 147 Å². The number of benzene rings is 2. The summed E-state index contributed by atoms with van der Waals surface area (Å²) in [5.74, 6) is 1.80. The van der Waals surface area contributed by atoms with E-state index in [9.17, 15) is 4.79 Å². The molecule has 1 N–H and O–H groups in total. The third kappa shape index (κ3) is 3.94. The Hall–Kier alpha value is -2.95. The SMILES string of the molecule is COc1cccc(COC2=CC(=O)N[C@H]2Cc2ccccc2)c1OC. The van der Waals surface area contributed by atoms with Crippen LogP contribution in [0.5, 0.6) is 11.5 Å². The first-order valence-electron chi connectivity index (χ1n) is 8.10. The number of carbonyl (C=O) groups is 1. The lowest BCUT2D eigenvalue weighted by Crippen LogP contribution is -2.31. The highest BCUT2D eigenvalue weighted by atomic mass is 16.5. The molecule has 1 aliphatic heterocycles. The largest absolute Gasteiger partial charge is 0.493 e. The van der Waals surface area contributed by atoms with Gasteiger partial charge in [0.2, 0.25) is 5.91 Å². The topological polar surface area (TPSA) is 56.8 Å². The molecule has 3 rings (SSSR count). The van der Waals surface area contributed by atoms with Crippen LogP contribution in [-0.4, -0.2) is 26.2 Å². The number of carbonyl (C=O) groups excluding carboxylic acids is 1. The van der Waals surface area contributed by atoms with E-state index in [2.05, 4.69) is 5.32 Å². The summed E-state index contributed by atoms with van der Waals surface area (Å²) < 4.78 is 16.7. The summed E-state index contributed by atoms with van der Waals surface area (Å²) in [6, 6.07) is 15.5. The van der Waals surface area contributed by atoms with Crippen LogP contribution in [0.15, 0.2) is 60.4 Å². The van der Waals surface area contributed by atoms with Crippen LogP contribution in [0.1, 0.15) is 11.1 Å². The minimum atomic E-state index is -0.161. The summed E-state index contributed by atoms with van der Waals surface area (Å²) in [6.07, 6.45) is 2.20. The molecule has 0 aromatic heterocycles. The minimum absolute atomic E-state index is 0.131. The van der Waals surface area contributed by atoms with E-state index in [1.807, 2.05) is 48.5 Å². The minimum Gasteiger partial charge on any atom is -0.493 e. The van der Waals surface area contributed by atoms with Crippen molar-refractivity contribution in [3.8, 4) is 11.5 Å². The summed E-state index contributed by atoms with van der Waals surface area (Å²) >= 11 is 0. The van der Waals surface area contributed by atoms with Crippen LogP contribution in [-0.2, 0) is 22.6 Å². The number of methoxy groups -OCH3 is 2. The van der Waals surface area contributed by atoms with Gasteiger partial charge in [-0.05, 0) is 18.1 Å². The number of hydrogen-bond acceptors (Lipinski definition) is 4. The average Bonchev–Trinajstić information content (AvgIpc) is 2.99. The molecule has 0 spiro atoms. The molecule has 0 radical (unpaired) electrons. The Balaban J connectivity index is 1.71. The van der Waals surface area contributed by atoms with Crippen LogP contribution < -0.4 is 14.8 Å². The predicted molar refractivity (Wildman–Crippen MR) is 94.5 cm³/mol. The van der Waals surface area contributed by atoms with Crippen molar-refractivity contribution in [2.75, 3.05) is 14.2 Å². The lowest BCUT2D eigenvalue weighted by atomic mass is 10.1. The highest BCUT2D eigenvalue weighted by Gasteiger charge is 2.26. The summed E-state index contributed by atoms with van der Waals surface area (Å²) in [5.41, 5.74) is 2.00. The predicted octanol–water partition coefficient (Wildman–Crippen LogP) is 2.85. The Kier molecular flexibility index (Phi) is 5.23. The van der Waals surface area contributed by atoms with Crippen molar-refractivity contribution < 1.29 is 19.0 Å². The summed E-state index contributed by atoms with van der Waals surface area (Å²) in [4.78, 5) is 11.8. The summed E-state index contributed by atoms with van der Waals surface area (Å²) in [5, 5.41) is 2.93. The van der Waals surface area contributed by atoms with Gasteiger partial charge in [0.15, 0.2) is 11.5 Å². The first-order chi connectivity index (χ1) is 12.2. The van der Waals surface area contributed by atoms with E-state index < -0.39 is 0 Å². The first kappa shape index (κ1) is 16.9. The highest BCUT2D eigenvalue weighted by Crippen LogP contribution is 2.32. The van der Waals surface area contributed by atoms with Crippen LogP contribution in [0.25, 0.3) is 0 Å². The number of ether oxygens (including phenoxy) is 3. The maximum absolute atomic E-state index is 11.8. The van der Waals surface area contributed by atoms with Crippen LogP contribution in [0.4, 0.5) is 0 Å². The zero-order valence-electron chi connectivity index (χ0n) is 14.3. The molecule has 0 aliphatic carbocycles. The van der Waals surface area contributed by atoms with E-state index in [0.717, 1.165) is 11.1 Å². The maximum Gasteiger partial charge on any atom is 0.248 e. The number of nitrogens with one attached hydrogen (secondary N) is 1. The molecule has 1 amide bonds. The van der Waals surface area contributed by atoms with Gasteiger partial charge < -0.3 is 19.5 Å². The standard InChI is InChI=1S/C20H21NO4/c1-23-17-10-6-9-15(20(17)24-2)13-25-18-12-19(22)21-16(18)11-14-7-4-3-5-8-14/h3-10,12,16H,11,13H2,1-2H3,(H,21,22)/t16-/m0/s1. The van der Waals surface area contributed by atoms with Gasteiger partial charge in [-0.3, -0.25) is 4.79 Å². The molecule has 5 heteroatoms. The van der Waals surface area contributed by atoms with Gasteiger partial charge >= 0.3 is 0 Å². The molecule has 0 bridgehead atoms. The van der Waals surface area contributed by atoms with Gasteiger partial charge in [-0.15, -0.1) is 0 Å². The summed E-state index contributed by atoms with van der Waals surface area (Å²) in [7, 11) is 3.19. The van der Waals surface area contributed by atoms with E-state index in [1.165, 1.54) is 6.08 Å². The van der Waals surface area contributed by atoms with Crippen molar-refractivity contribution in [3.05, 3.63) is 71.5 Å². The fourth-order valence-electron chi connectivity index (χ4n) is 2.89. The molecule has 130 valence electrons. The fourth-order valence-corrected chi connectivity index (χ4v) is 2.89. The molecule has 1 heterocycles. The Bertz CT molecular complexity index is 771. The molecule has 25 heavy (non-hydrogen) atoms. The van der Waals surface area contributed by atoms with Gasteiger partial charge in [0, 0.05) is 11.6 Å². The van der Waals surface area contributed by atoms with E-state index in [4.69, 9.17) is 14.2 Å². The molecular weight excluding hydrogens is 318 g/mol. The van der Waals surface area contributed by atoms with Gasteiger partial charge in [0.25, 0.3) is 0 Å². The molecule has 0 fully saturated rings. The van der Waals surface area contributed by atoms with Crippen LogP contribution in [0.2, 0.25) is 0 Å². The summed E-state index contributed by atoms with van der Waals surface area (Å²) in [6.45, 7) is 0.298. The van der Waals surface area contributed by atoms with Crippen molar-refractivity contribution in [2.24, 2.45) is 0 Å². The maximum atomic E-state index is 11.8. The van der Waals surface area contributed by atoms with Crippen LogP contribution in [0, 0.1) is 0 Å². The smallest absolute Gasteiger partial charge is 0.248 e. The molecule has 0 saturated heterocycles. The second-order valence-electron chi connectivity index (χ2n) is 5.74. The second kappa shape index (κ2) is 7.75. The van der Waals surface area contributed by atoms with Gasteiger partial charge in [0.05, 0.1) is 20.3 Å². The van der Waals surface area contributed by atoms with Gasteiger partial charge in [-0.1, -0.05) is 42.5 Å². The quantitative estimate of drug-likeness (QED) is 0.843. The molecule has 2 aromatic carbocycles. The average molecular weight is 339 g/mol. The molecule has 1 aliphatic rings. The first-order valence-corrected chi connectivity index (χ1v) is 8.10.